The Kier molecular flexibility index (Phi) is 6.20. The highest BCUT2D eigenvalue weighted by Gasteiger charge is 2.20. The molecule has 2 aromatic carbocycles. The Morgan fingerprint density at radius 1 is 1.15 bits per heavy atom. The Morgan fingerprint density at radius 3 is 2.52 bits per heavy atom. The smallest absolute Gasteiger partial charge is 0.273 e. The normalized spacial score (nSPS) is 16.1. The molecule has 0 radical (unpaired) electrons. The summed E-state index contributed by atoms with van der Waals surface area (Å²) in [5.74, 6) is 0.119. The highest BCUT2D eigenvalue weighted by atomic mass is 19.1. The van der Waals surface area contributed by atoms with Crippen LogP contribution in [0.15, 0.2) is 48.5 Å². The Hall–Kier alpha value is -2.71. The fraction of sp³-hybridized carbons (Fsp3) is 0.368. The number of anilines is 1. The summed E-state index contributed by atoms with van der Waals surface area (Å²) in [6, 6.07) is 12.4. The molecule has 0 aromatic heterocycles. The minimum absolute atomic E-state index is 0.0427. The van der Waals surface area contributed by atoms with Gasteiger partial charge in [-0.3, -0.25) is 15.0 Å². The van der Waals surface area contributed by atoms with Crippen molar-refractivity contribution in [3.63, 3.8) is 0 Å². The van der Waals surface area contributed by atoms with Crippen LogP contribution in [-0.4, -0.2) is 60.4 Å². The molecular weight excluding hydrogens is 353 g/mol. The molecule has 1 saturated heterocycles. The number of nitro groups is 1. The van der Waals surface area contributed by atoms with E-state index >= 15 is 0 Å². The number of piperazine rings is 1. The van der Waals surface area contributed by atoms with Crippen molar-refractivity contribution < 1.29 is 19.2 Å². The zero-order valence-electron chi connectivity index (χ0n) is 14.8. The van der Waals surface area contributed by atoms with Crippen LogP contribution in [0, 0.1) is 15.9 Å². The standard InChI is InChI=1S/C19H22FN3O4/c20-15-4-6-16(7-5-15)22-10-8-21(9-11-22)13-18(24)14-27-19-3-1-2-17(12-19)23(25)26/h1-7,12,18,24H,8-11,13-14H2. The lowest BCUT2D eigenvalue weighted by atomic mass is 10.2. The number of nitrogens with zero attached hydrogens (tertiary/aromatic N) is 3. The van der Waals surface area contributed by atoms with Gasteiger partial charge in [0.05, 0.1) is 11.0 Å². The van der Waals surface area contributed by atoms with Crippen molar-refractivity contribution >= 4 is 11.4 Å². The van der Waals surface area contributed by atoms with Gasteiger partial charge in [0.2, 0.25) is 0 Å². The van der Waals surface area contributed by atoms with E-state index in [1.807, 2.05) is 0 Å². The van der Waals surface area contributed by atoms with Crippen molar-refractivity contribution in [3.8, 4) is 5.75 Å². The maximum atomic E-state index is 13.0. The molecule has 1 unspecified atom stereocenters. The predicted molar refractivity (Wildman–Crippen MR) is 99.7 cm³/mol. The van der Waals surface area contributed by atoms with Gasteiger partial charge < -0.3 is 14.7 Å². The molecule has 1 fully saturated rings. The molecule has 144 valence electrons. The van der Waals surface area contributed by atoms with Gasteiger partial charge in [-0.15, -0.1) is 0 Å². The molecule has 0 bridgehead atoms. The first-order valence-electron chi connectivity index (χ1n) is 8.79. The molecule has 0 spiro atoms. The number of ether oxygens (including phenoxy) is 1. The fourth-order valence-electron chi connectivity index (χ4n) is 3.07. The summed E-state index contributed by atoms with van der Waals surface area (Å²) >= 11 is 0. The Balaban J connectivity index is 1.43. The third kappa shape index (κ3) is 5.38. The van der Waals surface area contributed by atoms with Crippen LogP contribution in [-0.2, 0) is 0 Å². The summed E-state index contributed by atoms with van der Waals surface area (Å²) in [5.41, 5.74) is 0.949. The molecule has 3 rings (SSSR count). The number of hydrogen-bond acceptors (Lipinski definition) is 6. The summed E-state index contributed by atoms with van der Waals surface area (Å²) < 4.78 is 18.5. The summed E-state index contributed by atoms with van der Waals surface area (Å²) in [7, 11) is 0. The number of rotatable bonds is 7. The molecule has 8 heteroatoms. The maximum Gasteiger partial charge on any atom is 0.273 e. The third-order valence-electron chi connectivity index (χ3n) is 4.50. The van der Waals surface area contributed by atoms with E-state index in [0.29, 0.717) is 12.3 Å². The average Bonchev–Trinajstić information content (AvgIpc) is 2.68. The van der Waals surface area contributed by atoms with Gasteiger partial charge in [-0.05, 0) is 30.3 Å². The third-order valence-corrected chi connectivity index (χ3v) is 4.50. The van der Waals surface area contributed by atoms with E-state index in [1.54, 1.807) is 24.3 Å². The number of aliphatic hydroxyl groups excluding tert-OH is 1. The van der Waals surface area contributed by atoms with Crippen molar-refractivity contribution in [1.29, 1.82) is 0 Å². The molecule has 1 atom stereocenters. The van der Waals surface area contributed by atoms with E-state index in [-0.39, 0.29) is 18.1 Å². The second-order valence-corrected chi connectivity index (χ2v) is 6.48. The van der Waals surface area contributed by atoms with Gasteiger partial charge in [-0.25, -0.2) is 4.39 Å². The molecule has 27 heavy (non-hydrogen) atoms. The van der Waals surface area contributed by atoms with E-state index in [2.05, 4.69) is 9.80 Å². The monoisotopic (exact) mass is 375 g/mol. The molecule has 1 N–H and O–H groups in total. The molecule has 0 aliphatic carbocycles. The van der Waals surface area contributed by atoms with Crippen molar-refractivity contribution in [2.75, 3.05) is 44.2 Å². The average molecular weight is 375 g/mol. The van der Waals surface area contributed by atoms with Crippen LogP contribution < -0.4 is 9.64 Å². The van der Waals surface area contributed by atoms with Gasteiger partial charge in [0.15, 0.2) is 0 Å². The lowest BCUT2D eigenvalue weighted by Gasteiger charge is -2.36. The van der Waals surface area contributed by atoms with Crippen molar-refractivity contribution in [2.24, 2.45) is 0 Å². The molecule has 7 nitrogen and oxygen atoms in total. The van der Waals surface area contributed by atoms with Gasteiger partial charge in [0, 0.05) is 44.5 Å². The van der Waals surface area contributed by atoms with E-state index in [0.717, 1.165) is 31.9 Å². The Labute approximate surface area is 156 Å². The van der Waals surface area contributed by atoms with Crippen LogP contribution in [0.3, 0.4) is 0 Å². The highest BCUT2D eigenvalue weighted by Crippen LogP contribution is 2.20. The number of benzene rings is 2. The van der Waals surface area contributed by atoms with Crippen molar-refractivity contribution in [2.45, 2.75) is 6.10 Å². The highest BCUT2D eigenvalue weighted by molar-refractivity contribution is 5.46. The first kappa shape index (κ1) is 19.1. The number of β-amino-alcohol motifs (C(OH)–C–C–N with tert-alkyl or cyclic N) is 1. The van der Waals surface area contributed by atoms with Gasteiger partial charge in [-0.2, -0.15) is 0 Å². The first-order chi connectivity index (χ1) is 13.0. The largest absolute Gasteiger partial charge is 0.491 e. The van der Waals surface area contributed by atoms with Crippen LogP contribution in [0.1, 0.15) is 0 Å². The van der Waals surface area contributed by atoms with Crippen LogP contribution in [0.5, 0.6) is 5.75 Å². The number of halogens is 1. The van der Waals surface area contributed by atoms with E-state index in [9.17, 15) is 19.6 Å². The maximum absolute atomic E-state index is 13.0. The van der Waals surface area contributed by atoms with Crippen LogP contribution in [0.4, 0.5) is 15.8 Å². The first-order valence-corrected chi connectivity index (χ1v) is 8.79. The van der Waals surface area contributed by atoms with Crippen LogP contribution >= 0.6 is 0 Å². The molecule has 0 amide bonds. The van der Waals surface area contributed by atoms with Crippen molar-refractivity contribution in [3.05, 3.63) is 64.5 Å². The number of hydrogen-bond donors (Lipinski definition) is 1. The number of aliphatic hydroxyl groups is 1. The van der Waals surface area contributed by atoms with Gasteiger partial charge in [0.1, 0.15) is 24.3 Å². The van der Waals surface area contributed by atoms with Crippen LogP contribution in [0.2, 0.25) is 0 Å². The Bertz CT molecular complexity index is 764. The molecule has 1 aliphatic rings. The second kappa shape index (κ2) is 8.79. The van der Waals surface area contributed by atoms with Gasteiger partial charge in [-0.1, -0.05) is 6.07 Å². The zero-order valence-corrected chi connectivity index (χ0v) is 14.8. The summed E-state index contributed by atoms with van der Waals surface area (Å²) in [6.07, 6.45) is -0.693. The summed E-state index contributed by atoms with van der Waals surface area (Å²) in [5, 5.41) is 21.0. The van der Waals surface area contributed by atoms with Gasteiger partial charge in [0.25, 0.3) is 5.69 Å². The fourth-order valence-corrected chi connectivity index (χ4v) is 3.07. The van der Waals surface area contributed by atoms with E-state index in [4.69, 9.17) is 4.74 Å². The topological polar surface area (TPSA) is 79.1 Å². The summed E-state index contributed by atoms with van der Waals surface area (Å²) in [6.45, 7) is 3.69. The molecule has 2 aromatic rings. The predicted octanol–water partition coefficient (Wildman–Crippen LogP) is 2.30. The number of non-ortho nitro benzene ring substituents is 1. The quantitative estimate of drug-likeness (QED) is 0.591. The minimum Gasteiger partial charge on any atom is -0.491 e. The van der Waals surface area contributed by atoms with Gasteiger partial charge >= 0.3 is 0 Å². The lowest BCUT2D eigenvalue weighted by Crippen LogP contribution is -2.49. The molecule has 0 saturated carbocycles. The van der Waals surface area contributed by atoms with Crippen molar-refractivity contribution in [1.82, 2.24) is 4.90 Å². The Morgan fingerprint density at radius 2 is 1.85 bits per heavy atom. The second-order valence-electron chi connectivity index (χ2n) is 6.48. The SMILES string of the molecule is O=[N+]([O-])c1cccc(OCC(O)CN2CCN(c3ccc(F)cc3)CC2)c1. The molecular formula is C19H22FN3O4. The minimum atomic E-state index is -0.693. The molecule has 1 heterocycles. The van der Waals surface area contributed by atoms with E-state index in [1.165, 1.54) is 24.3 Å². The summed E-state index contributed by atoms with van der Waals surface area (Å²) in [4.78, 5) is 14.6. The molecule has 1 aliphatic heterocycles. The van der Waals surface area contributed by atoms with Crippen LogP contribution in [0.25, 0.3) is 0 Å². The number of nitro benzene ring substituents is 1. The zero-order chi connectivity index (χ0) is 19.2. The lowest BCUT2D eigenvalue weighted by molar-refractivity contribution is -0.384. The van der Waals surface area contributed by atoms with E-state index < -0.39 is 11.0 Å².